The number of nitrogens with two attached hydrogens (primary N) is 1. The van der Waals surface area contributed by atoms with E-state index < -0.39 is 0 Å². The minimum absolute atomic E-state index is 0.0643. The molecule has 21 heavy (non-hydrogen) atoms. The van der Waals surface area contributed by atoms with Crippen LogP contribution >= 0.6 is 15.9 Å². The monoisotopic (exact) mass is 343 g/mol. The number of anilines is 1. The summed E-state index contributed by atoms with van der Waals surface area (Å²) in [6.45, 7) is 0.498. The van der Waals surface area contributed by atoms with Crippen molar-refractivity contribution in [2.45, 2.75) is 11.9 Å². The molecule has 0 aliphatic heterocycles. The van der Waals surface area contributed by atoms with Crippen LogP contribution in [0.1, 0.15) is 11.4 Å². The van der Waals surface area contributed by atoms with Gasteiger partial charge in [-0.3, -0.25) is 9.36 Å². The number of nitrogens with zero attached hydrogens (tertiary/aromatic N) is 2. The zero-order chi connectivity index (χ0) is 14.8. The summed E-state index contributed by atoms with van der Waals surface area (Å²) in [5, 5.41) is 1.07. The van der Waals surface area contributed by atoms with E-state index in [1.54, 1.807) is 22.8 Å². The molecule has 0 atom stereocenters. The van der Waals surface area contributed by atoms with Crippen LogP contribution in [-0.2, 0) is 11.9 Å². The molecule has 0 aliphatic carbocycles. The molecule has 1 aromatic heterocycles. The fourth-order valence-electron chi connectivity index (χ4n) is 2.32. The summed E-state index contributed by atoms with van der Waals surface area (Å²) in [6.07, 6.45) is 0. The molecule has 0 spiro atoms. The predicted octanol–water partition coefficient (Wildman–Crippen LogP) is 2.92. The van der Waals surface area contributed by atoms with Crippen molar-refractivity contribution in [3.8, 4) is 0 Å². The number of hydrogen-bond donors (Lipinski definition) is 1. The van der Waals surface area contributed by atoms with Crippen molar-refractivity contribution in [1.82, 2.24) is 9.55 Å². The third-order valence-corrected chi connectivity index (χ3v) is 3.86. The van der Waals surface area contributed by atoms with E-state index in [0.29, 0.717) is 34.3 Å². The molecule has 0 fully saturated rings. The molecular weight excluding hydrogens is 330 g/mol. The van der Waals surface area contributed by atoms with E-state index in [1.807, 2.05) is 30.3 Å². The third kappa shape index (κ3) is 2.69. The molecule has 3 rings (SSSR count). The largest absolute Gasteiger partial charge is 0.399 e. The van der Waals surface area contributed by atoms with Crippen molar-refractivity contribution in [3.05, 3.63) is 70.3 Å². The minimum atomic E-state index is -0.0643. The van der Waals surface area contributed by atoms with Crippen LogP contribution in [0.4, 0.5) is 5.69 Å². The van der Waals surface area contributed by atoms with Crippen LogP contribution in [0.2, 0.25) is 0 Å². The van der Waals surface area contributed by atoms with Gasteiger partial charge in [0.2, 0.25) is 0 Å². The van der Waals surface area contributed by atoms with Gasteiger partial charge >= 0.3 is 0 Å². The molecule has 0 bridgehead atoms. The Balaban J connectivity index is 2.20. The van der Waals surface area contributed by atoms with Gasteiger partial charge in [0.15, 0.2) is 0 Å². The Bertz CT molecular complexity index is 843. The highest BCUT2D eigenvalue weighted by atomic mass is 79.9. The highest BCUT2D eigenvalue weighted by Crippen LogP contribution is 2.15. The van der Waals surface area contributed by atoms with Gasteiger partial charge in [0.1, 0.15) is 5.82 Å². The molecule has 0 radical (unpaired) electrons. The average Bonchev–Trinajstić information content (AvgIpc) is 2.51. The van der Waals surface area contributed by atoms with Gasteiger partial charge < -0.3 is 5.73 Å². The quantitative estimate of drug-likeness (QED) is 0.587. The standard InChI is InChI=1S/C16H14BrN3O/c17-9-15-19-14-7-6-12(18)8-13(14)16(21)20(15)10-11-4-2-1-3-5-11/h1-8H,9-10,18H2. The number of nitrogen functional groups attached to an aromatic ring is 1. The van der Waals surface area contributed by atoms with E-state index in [9.17, 15) is 4.79 Å². The lowest BCUT2D eigenvalue weighted by atomic mass is 10.2. The van der Waals surface area contributed by atoms with Crippen molar-refractivity contribution in [2.24, 2.45) is 0 Å². The van der Waals surface area contributed by atoms with Crippen molar-refractivity contribution in [3.63, 3.8) is 0 Å². The molecule has 0 aliphatic rings. The molecule has 106 valence electrons. The Hall–Kier alpha value is -2.14. The lowest BCUT2D eigenvalue weighted by molar-refractivity contribution is 0.709. The molecule has 0 amide bonds. The van der Waals surface area contributed by atoms with E-state index in [4.69, 9.17) is 5.73 Å². The fourth-order valence-corrected chi connectivity index (χ4v) is 2.74. The van der Waals surface area contributed by atoms with Crippen molar-refractivity contribution in [1.29, 1.82) is 0 Å². The number of benzene rings is 2. The SMILES string of the molecule is Nc1ccc2nc(CBr)n(Cc3ccccc3)c(=O)c2c1. The van der Waals surface area contributed by atoms with E-state index in [2.05, 4.69) is 20.9 Å². The molecule has 2 N–H and O–H groups in total. The highest BCUT2D eigenvalue weighted by molar-refractivity contribution is 9.08. The first kappa shape index (κ1) is 13.8. The van der Waals surface area contributed by atoms with Crippen LogP contribution in [0.5, 0.6) is 0 Å². The Morgan fingerprint density at radius 1 is 1.14 bits per heavy atom. The van der Waals surface area contributed by atoms with E-state index in [0.717, 1.165) is 5.56 Å². The third-order valence-electron chi connectivity index (χ3n) is 3.36. The highest BCUT2D eigenvalue weighted by Gasteiger charge is 2.10. The summed E-state index contributed by atoms with van der Waals surface area (Å²) >= 11 is 3.41. The van der Waals surface area contributed by atoms with Gasteiger partial charge in [-0.1, -0.05) is 46.3 Å². The van der Waals surface area contributed by atoms with E-state index in [-0.39, 0.29) is 5.56 Å². The zero-order valence-corrected chi connectivity index (χ0v) is 12.9. The molecule has 3 aromatic rings. The van der Waals surface area contributed by atoms with Crippen LogP contribution in [0.25, 0.3) is 10.9 Å². The van der Waals surface area contributed by atoms with Gasteiger partial charge in [0.05, 0.1) is 22.8 Å². The Morgan fingerprint density at radius 2 is 1.90 bits per heavy atom. The van der Waals surface area contributed by atoms with Crippen LogP contribution in [0.3, 0.4) is 0 Å². The summed E-state index contributed by atoms with van der Waals surface area (Å²) in [4.78, 5) is 17.3. The minimum Gasteiger partial charge on any atom is -0.399 e. The van der Waals surface area contributed by atoms with Crippen LogP contribution < -0.4 is 11.3 Å². The lowest BCUT2D eigenvalue weighted by Gasteiger charge is -2.12. The number of hydrogen-bond acceptors (Lipinski definition) is 3. The summed E-state index contributed by atoms with van der Waals surface area (Å²) in [5.41, 5.74) is 8.02. The maximum Gasteiger partial charge on any atom is 0.261 e. The molecule has 1 heterocycles. The number of rotatable bonds is 3. The van der Waals surface area contributed by atoms with Crippen molar-refractivity contribution >= 4 is 32.5 Å². The second-order valence-corrected chi connectivity index (χ2v) is 5.38. The number of halogens is 1. The van der Waals surface area contributed by atoms with Crippen molar-refractivity contribution < 1.29 is 0 Å². The number of alkyl halides is 1. The lowest BCUT2D eigenvalue weighted by Crippen LogP contribution is -2.25. The van der Waals surface area contributed by atoms with Crippen LogP contribution in [0, 0.1) is 0 Å². The van der Waals surface area contributed by atoms with Gasteiger partial charge in [-0.2, -0.15) is 0 Å². The fraction of sp³-hybridized carbons (Fsp3) is 0.125. The first-order valence-electron chi connectivity index (χ1n) is 6.58. The van der Waals surface area contributed by atoms with E-state index >= 15 is 0 Å². The summed E-state index contributed by atoms with van der Waals surface area (Å²) in [6, 6.07) is 15.1. The average molecular weight is 344 g/mol. The Morgan fingerprint density at radius 3 is 2.62 bits per heavy atom. The summed E-state index contributed by atoms with van der Waals surface area (Å²) < 4.78 is 1.69. The van der Waals surface area contributed by atoms with Gasteiger partial charge in [-0.05, 0) is 23.8 Å². The van der Waals surface area contributed by atoms with Gasteiger partial charge in [0, 0.05) is 5.69 Å². The molecule has 5 heteroatoms. The smallest absolute Gasteiger partial charge is 0.261 e. The Kier molecular flexibility index (Phi) is 3.75. The second kappa shape index (κ2) is 5.69. The maximum atomic E-state index is 12.7. The molecule has 0 saturated heterocycles. The van der Waals surface area contributed by atoms with Crippen LogP contribution in [0.15, 0.2) is 53.3 Å². The zero-order valence-electron chi connectivity index (χ0n) is 11.3. The topological polar surface area (TPSA) is 60.9 Å². The Labute approximate surface area is 130 Å². The van der Waals surface area contributed by atoms with Crippen molar-refractivity contribution in [2.75, 3.05) is 5.73 Å². The first-order chi connectivity index (χ1) is 10.2. The van der Waals surface area contributed by atoms with Crippen LogP contribution in [-0.4, -0.2) is 9.55 Å². The molecule has 2 aromatic carbocycles. The van der Waals surface area contributed by atoms with Gasteiger partial charge in [-0.25, -0.2) is 4.98 Å². The first-order valence-corrected chi connectivity index (χ1v) is 7.70. The molecule has 0 unspecified atom stereocenters. The summed E-state index contributed by atoms with van der Waals surface area (Å²) in [7, 11) is 0. The van der Waals surface area contributed by atoms with Gasteiger partial charge in [-0.15, -0.1) is 0 Å². The normalized spacial score (nSPS) is 10.9. The second-order valence-electron chi connectivity index (χ2n) is 4.82. The van der Waals surface area contributed by atoms with Gasteiger partial charge in [0.25, 0.3) is 5.56 Å². The molecule has 0 saturated carbocycles. The number of aromatic nitrogens is 2. The number of fused-ring (bicyclic) bond motifs is 1. The van der Waals surface area contributed by atoms with E-state index in [1.165, 1.54) is 0 Å². The maximum absolute atomic E-state index is 12.7. The molecule has 4 nitrogen and oxygen atoms in total. The molecular formula is C16H14BrN3O. The summed E-state index contributed by atoms with van der Waals surface area (Å²) in [5.74, 6) is 0.709. The predicted molar refractivity (Wildman–Crippen MR) is 88.6 cm³/mol.